The fourth-order valence-corrected chi connectivity index (χ4v) is 2.07. The lowest BCUT2D eigenvalue weighted by atomic mass is 10.1. The highest BCUT2D eigenvalue weighted by molar-refractivity contribution is 5.95. The number of carboxylic acids is 1. The zero-order chi connectivity index (χ0) is 16.3. The van der Waals surface area contributed by atoms with Crippen molar-refractivity contribution >= 4 is 11.5 Å². The summed E-state index contributed by atoms with van der Waals surface area (Å²) in [6.45, 7) is 3.86. The highest BCUT2D eigenvalue weighted by atomic mass is 16.5. The fourth-order valence-electron chi connectivity index (χ4n) is 2.07. The molecule has 0 radical (unpaired) electrons. The van der Waals surface area contributed by atoms with Gasteiger partial charge in [0, 0.05) is 13.5 Å². The van der Waals surface area contributed by atoms with E-state index in [1.807, 2.05) is 0 Å². The molecule has 7 heteroatoms. The van der Waals surface area contributed by atoms with Crippen molar-refractivity contribution in [3.63, 3.8) is 0 Å². The first-order valence-corrected chi connectivity index (χ1v) is 6.90. The molecular formula is C15H20N2O5. The molecule has 22 heavy (non-hydrogen) atoms. The summed E-state index contributed by atoms with van der Waals surface area (Å²) >= 11 is 0. The lowest BCUT2D eigenvalue weighted by molar-refractivity contribution is 0.0278. The third-order valence-electron chi connectivity index (χ3n) is 3.09. The van der Waals surface area contributed by atoms with Gasteiger partial charge < -0.3 is 19.7 Å². The number of nitrogens with zero attached hydrogens (tertiary/aromatic N) is 2. The number of hydrogen-bond donors (Lipinski definition) is 2. The van der Waals surface area contributed by atoms with Crippen LogP contribution in [0.25, 0.3) is 5.52 Å². The van der Waals surface area contributed by atoms with E-state index in [0.717, 1.165) is 0 Å². The Balaban J connectivity index is 2.44. The van der Waals surface area contributed by atoms with Crippen LogP contribution in [0.4, 0.5) is 0 Å². The first kappa shape index (κ1) is 16.3. The molecule has 2 aromatic heterocycles. The van der Waals surface area contributed by atoms with Crippen LogP contribution < -0.4 is 4.74 Å². The Morgan fingerprint density at radius 2 is 2.14 bits per heavy atom. The Bertz CT molecular complexity index is 672. The van der Waals surface area contributed by atoms with Gasteiger partial charge in [-0.05, 0) is 26.0 Å². The summed E-state index contributed by atoms with van der Waals surface area (Å²) in [6, 6.07) is 3.34. The molecule has 0 aliphatic carbocycles. The minimum atomic E-state index is -1.03. The third kappa shape index (κ3) is 3.55. The van der Waals surface area contributed by atoms with Crippen molar-refractivity contribution in [1.82, 2.24) is 9.61 Å². The maximum absolute atomic E-state index is 11.2. The summed E-state index contributed by atoms with van der Waals surface area (Å²) < 4.78 is 12.3. The quantitative estimate of drug-likeness (QED) is 0.802. The number of fused-ring (bicyclic) bond motifs is 1. The van der Waals surface area contributed by atoms with Crippen LogP contribution in [0.1, 0.15) is 29.9 Å². The first-order valence-electron chi connectivity index (χ1n) is 6.90. The van der Waals surface area contributed by atoms with Crippen molar-refractivity contribution in [1.29, 1.82) is 0 Å². The lowest BCUT2D eigenvalue weighted by Gasteiger charge is -2.20. The Morgan fingerprint density at radius 1 is 1.41 bits per heavy atom. The minimum absolute atomic E-state index is 0.117. The predicted octanol–water partition coefficient (Wildman–Crippen LogP) is 1.37. The number of pyridine rings is 1. The van der Waals surface area contributed by atoms with Crippen molar-refractivity contribution in [3.05, 3.63) is 29.6 Å². The number of aliphatic hydroxyl groups is 1. The highest BCUT2D eigenvalue weighted by Gasteiger charge is 2.19. The zero-order valence-corrected chi connectivity index (χ0v) is 12.9. The fraction of sp³-hybridized carbons (Fsp3) is 0.467. The lowest BCUT2D eigenvalue weighted by Crippen LogP contribution is -2.28. The van der Waals surface area contributed by atoms with E-state index in [-0.39, 0.29) is 12.2 Å². The van der Waals surface area contributed by atoms with Crippen molar-refractivity contribution in [2.75, 3.05) is 20.3 Å². The van der Waals surface area contributed by atoms with E-state index in [4.69, 9.17) is 9.47 Å². The Labute approximate surface area is 128 Å². The molecule has 7 nitrogen and oxygen atoms in total. The summed E-state index contributed by atoms with van der Waals surface area (Å²) in [5.41, 5.74) is 0.363. The number of aromatic carboxylic acids is 1. The molecule has 120 valence electrons. The highest BCUT2D eigenvalue weighted by Crippen LogP contribution is 2.24. The van der Waals surface area contributed by atoms with Crippen molar-refractivity contribution in [2.24, 2.45) is 0 Å². The molecule has 0 saturated heterocycles. The molecule has 0 aliphatic heterocycles. The predicted molar refractivity (Wildman–Crippen MR) is 79.5 cm³/mol. The minimum Gasteiger partial charge on any atom is -0.489 e. The van der Waals surface area contributed by atoms with Crippen LogP contribution in [0.15, 0.2) is 18.3 Å². The molecule has 0 saturated carbocycles. The van der Waals surface area contributed by atoms with Crippen LogP contribution in [-0.4, -0.2) is 51.7 Å². The van der Waals surface area contributed by atoms with Gasteiger partial charge in [0.05, 0.1) is 29.6 Å². The zero-order valence-electron chi connectivity index (χ0n) is 12.9. The van der Waals surface area contributed by atoms with Gasteiger partial charge in [-0.15, -0.1) is 0 Å². The molecule has 0 aliphatic rings. The molecule has 0 atom stereocenters. The second-order valence-electron chi connectivity index (χ2n) is 5.65. The maximum atomic E-state index is 11.2. The number of carboxylic acid groups (broad SMARTS) is 1. The van der Waals surface area contributed by atoms with Crippen LogP contribution in [-0.2, 0) is 11.2 Å². The number of hydrogen-bond acceptors (Lipinski definition) is 5. The molecule has 2 heterocycles. The molecular weight excluding hydrogens is 288 g/mol. The largest absolute Gasteiger partial charge is 0.489 e. The van der Waals surface area contributed by atoms with Crippen molar-refractivity contribution < 1.29 is 24.5 Å². The number of ether oxygens (including phenoxy) is 2. The summed E-state index contributed by atoms with van der Waals surface area (Å²) in [7, 11) is 1.59. The number of carbonyl (C=O) groups is 1. The van der Waals surface area contributed by atoms with E-state index in [9.17, 15) is 15.0 Å². The summed E-state index contributed by atoms with van der Waals surface area (Å²) in [4.78, 5) is 11.2. The van der Waals surface area contributed by atoms with E-state index >= 15 is 0 Å². The third-order valence-corrected chi connectivity index (χ3v) is 3.09. The molecule has 0 aromatic carbocycles. The van der Waals surface area contributed by atoms with Gasteiger partial charge in [-0.1, -0.05) is 0 Å². The van der Waals surface area contributed by atoms with Crippen LogP contribution in [0.2, 0.25) is 0 Å². The van der Waals surface area contributed by atoms with Gasteiger partial charge in [-0.25, -0.2) is 9.31 Å². The topological polar surface area (TPSA) is 93.3 Å². The Kier molecular flexibility index (Phi) is 4.68. The van der Waals surface area contributed by atoms with E-state index in [0.29, 0.717) is 30.0 Å². The van der Waals surface area contributed by atoms with E-state index < -0.39 is 11.6 Å². The normalized spacial score (nSPS) is 11.8. The second kappa shape index (κ2) is 6.33. The Morgan fingerprint density at radius 3 is 2.73 bits per heavy atom. The molecule has 0 amide bonds. The maximum Gasteiger partial charge on any atom is 0.339 e. The van der Waals surface area contributed by atoms with Crippen molar-refractivity contribution in [3.8, 4) is 5.75 Å². The van der Waals surface area contributed by atoms with E-state index in [2.05, 4.69) is 5.10 Å². The van der Waals surface area contributed by atoms with Crippen LogP contribution in [0, 0.1) is 0 Å². The van der Waals surface area contributed by atoms with Gasteiger partial charge in [-0.2, -0.15) is 5.10 Å². The van der Waals surface area contributed by atoms with Gasteiger partial charge >= 0.3 is 5.97 Å². The van der Waals surface area contributed by atoms with E-state index in [1.54, 1.807) is 37.6 Å². The van der Waals surface area contributed by atoms with Crippen LogP contribution in [0.3, 0.4) is 0 Å². The molecule has 0 spiro atoms. The Hall–Kier alpha value is -2.12. The number of methoxy groups -OCH3 is 1. The monoisotopic (exact) mass is 308 g/mol. The van der Waals surface area contributed by atoms with Gasteiger partial charge in [-0.3, -0.25) is 0 Å². The number of rotatable bonds is 7. The SMILES string of the molecule is COCCc1c(OCC(C)(C)O)ccc2c(C(=O)O)cnn12. The second-order valence-corrected chi connectivity index (χ2v) is 5.65. The molecule has 0 unspecified atom stereocenters. The van der Waals surface area contributed by atoms with E-state index in [1.165, 1.54) is 6.20 Å². The average molecular weight is 308 g/mol. The summed E-state index contributed by atoms with van der Waals surface area (Å²) in [5, 5.41) is 23.1. The molecule has 2 rings (SSSR count). The standard InChI is InChI=1S/C15H20N2O5/c1-15(2,20)9-22-13-5-4-11-10(14(18)19)8-16-17(11)12(13)6-7-21-3/h4-5,8,20H,6-7,9H2,1-3H3,(H,18,19). The smallest absolute Gasteiger partial charge is 0.339 e. The van der Waals surface area contributed by atoms with Gasteiger partial charge in [0.1, 0.15) is 17.9 Å². The molecule has 2 N–H and O–H groups in total. The summed E-state index contributed by atoms with van der Waals surface area (Å²) in [5.74, 6) is -0.482. The molecule has 0 bridgehead atoms. The summed E-state index contributed by atoms with van der Waals surface area (Å²) in [6.07, 6.45) is 1.82. The van der Waals surface area contributed by atoms with Crippen molar-refractivity contribution in [2.45, 2.75) is 25.9 Å². The van der Waals surface area contributed by atoms with Gasteiger partial charge in [0.15, 0.2) is 0 Å². The first-order chi connectivity index (χ1) is 10.3. The van der Waals surface area contributed by atoms with Crippen LogP contribution >= 0.6 is 0 Å². The van der Waals surface area contributed by atoms with Gasteiger partial charge in [0.2, 0.25) is 0 Å². The average Bonchev–Trinajstić information content (AvgIpc) is 2.86. The molecule has 0 fully saturated rings. The van der Waals surface area contributed by atoms with Crippen LogP contribution in [0.5, 0.6) is 5.75 Å². The van der Waals surface area contributed by atoms with Gasteiger partial charge in [0.25, 0.3) is 0 Å². The molecule has 2 aromatic rings. The number of aromatic nitrogens is 2.